The van der Waals surface area contributed by atoms with Gasteiger partial charge in [0, 0.05) is 0 Å². The molecule has 5 aromatic carbocycles. The minimum absolute atomic E-state index is 0. The molecule has 1 saturated carbocycles. The Morgan fingerprint density at radius 3 is 1.33 bits per heavy atom. The third-order valence-corrected chi connectivity index (χ3v) is 8.48. The third-order valence-electron chi connectivity index (χ3n) is 8.48. The minimum Gasteiger partial charge on any atom is -0.358 e. The van der Waals surface area contributed by atoms with E-state index < -0.39 is 0 Å². The summed E-state index contributed by atoms with van der Waals surface area (Å²) in [6, 6.07) is 35.8. The molecule has 6 rings (SSSR count). The first-order valence-electron chi connectivity index (χ1n) is 17.3. The summed E-state index contributed by atoms with van der Waals surface area (Å²) in [5.41, 5.74) is 5.99. The van der Waals surface area contributed by atoms with E-state index in [2.05, 4.69) is 147 Å². The van der Waals surface area contributed by atoms with Crippen molar-refractivity contribution in [1.29, 1.82) is 0 Å². The molecule has 1 heteroatoms. The number of hydrogen-bond donors (Lipinski definition) is 0. The van der Waals surface area contributed by atoms with Crippen LogP contribution >= 0.6 is 0 Å². The van der Waals surface area contributed by atoms with Gasteiger partial charge in [0.05, 0.1) is 0 Å². The van der Waals surface area contributed by atoms with Crippen molar-refractivity contribution in [3.8, 4) is 0 Å². The molecule has 0 saturated heterocycles. The summed E-state index contributed by atoms with van der Waals surface area (Å²) in [6.45, 7) is 22.5. The molecule has 0 radical (unpaired) electrons. The fourth-order valence-corrected chi connectivity index (χ4v) is 5.35. The number of fused-ring (bicyclic) bond motifs is 3. The van der Waals surface area contributed by atoms with Crippen LogP contribution in [0.5, 0.6) is 0 Å². The molecule has 264 valence electrons. The molecule has 0 N–H and O–H groups in total. The summed E-state index contributed by atoms with van der Waals surface area (Å²) in [5, 5.41) is 5.48. The molecule has 0 atom stereocenters. The molecule has 0 unspecified atom stereocenters. The summed E-state index contributed by atoms with van der Waals surface area (Å²) in [5.74, 6) is 1.22. The van der Waals surface area contributed by atoms with Gasteiger partial charge in [0.1, 0.15) is 0 Å². The van der Waals surface area contributed by atoms with Gasteiger partial charge in [-0.15, -0.1) is 39.7 Å². The van der Waals surface area contributed by atoms with Gasteiger partial charge in [0.2, 0.25) is 0 Å². The van der Waals surface area contributed by atoms with Crippen molar-refractivity contribution in [3.63, 3.8) is 0 Å². The molecular formula is C47H66Zr-6. The van der Waals surface area contributed by atoms with E-state index in [-0.39, 0.29) is 25.7 Å². The van der Waals surface area contributed by atoms with Crippen LogP contribution in [0, 0.1) is 27.3 Å². The Morgan fingerprint density at radius 1 is 0.646 bits per heavy atom. The second-order valence-corrected chi connectivity index (χ2v) is 15.0. The van der Waals surface area contributed by atoms with E-state index in [1.54, 1.807) is 0 Å². The zero-order chi connectivity index (χ0) is 34.3. The SMILES string of the molecule is CC(C)(C)c1ccc2c(c1)[cH-]c1cc(C(C)(C)C)ccc12.CC(C)c1c[c-]cc(C(C)C)c1.[CH-]1CCCCC1.[CH2]=[Zr].[CH3-].[CH3-].c1cc[cH-]c1. The molecule has 0 amide bonds. The van der Waals surface area contributed by atoms with Gasteiger partial charge in [0.25, 0.3) is 0 Å². The molecule has 1 aliphatic carbocycles. The minimum atomic E-state index is 0. The van der Waals surface area contributed by atoms with Crippen molar-refractivity contribution in [3.05, 3.63) is 141 Å². The Hall–Kier alpha value is -2.37. The van der Waals surface area contributed by atoms with Crippen molar-refractivity contribution in [1.82, 2.24) is 0 Å². The Balaban J connectivity index is 0.000000689. The van der Waals surface area contributed by atoms with E-state index in [4.69, 9.17) is 0 Å². The molecule has 0 aliphatic heterocycles. The van der Waals surface area contributed by atoms with Crippen molar-refractivity contribution in [2.24, 2.45) is 0 Å². The average molecular weight is 722 g/mol. The smallest absolute Gasteiger partial charge is 0.172 e. The number of rotatable bonds is 2. The third kappa shape index (κ3) is 15.0. The molecule has 1 fully saturated rings. The van der Waals surface area contributed by atoms with Crippen LogP contribution in [0.25, 0.3) is 21.5 Å². The Morgan fingerprint density at radius 2 is 1.06 bits per heavy atom. The van der Waals surface area contributed by atoms with Crippen molar-refractivity contribution in [2.45, 2.75) is 124 Å². The van der Waals surface area contributed by atoms with Gasteiger partial charge < -0.3 is 21.3 Å². The molecule has 0 heterocycles. The van der Waals surface area contributed by atoms with E-state index in [1.165, 1.54) is 100 Å². The van der Waals surface area contributed by atoms with Gasteiger partial charge in [-0.1, -0.05) is 136 Å². The first-order chi connectivity index (χ1) is 21.8. The number of benzene rings is 3. The first kappa shape index (κ1) is 45.6. The summed E-state index contributed by atoms with van der Waals surface area (Å²) in [7, 11) is 0. The largest absolute Gasteiger partial charge is 0.358 e. The van der Waals surface area contributed by atoms with E-state index in [0.717, 1.165) is 0 Å². The van der Waals surface area contributed by atoms with Gasteiger partial charge in [-0.05, 0) is 10.8 Å². The second-order valence-electron chi connectivity index (χ2n) is 15.0. The Kier molecular flexibility index (Phi) is 21.3. The quantitative estimate of drug-likeness (QED) is 0.159. The summed E-state index contributed by atoms with van der Waals surface area (Å²) in [6.07, 6.45) is 9.50. The van der Waals surface area contributed by atoms with Crippen LogP contribution in [0.4, 0.5) is 0 Å². The molecule has 48 heavy (non-hydrogen) atoms. The standard InChI is InChI=1S/C21H25.C12H17.C6H11.C5H5.2CH3.CH2.Zr/c1-20(2,3)16-7-9-18-14(12-16)11-15-13-17(21(4,5)6)8-10-19(15)18;1-9(2)11-6-5-7-12(8-11)10(3)4;1-2-4-6-5-3-1;1-2-4-5-3-1;;;;/h7-13H,1-6H3;6-10H,1-4H3;1H,2-6H2;1-5H;2*1H3;1H2;/q6*-1;;. The molecule has 1 aliphatic rings. The zero-order valence-corrected chi connectivity index (χ0v) is 35.1. The fraction of sp³-hybridized carbons (Fsp3) is 0.404. The molecule has 0 bridgehead atoms. The van der Waals surface area contributed by atoms with Crippen LogP contribution in [0.1, 0.15) is 135 Å². The molecular weight excluding hydrogens is 656 g/mol. The van der Waals surface area contributed by atoms with Crippen LogP contribution in [0.3, 0.4) is 0 Å². The number of hydrogen-bond acceptors (Lipinski definition) is 0. The monoisotopic (exact) mass is 720 g/mol. The predicted octanol–water partition coefficient (Wildman–Crippen LogP) is 14.5. The van der Waals surface area contributed by atoms with Gasteiger partial charge >= 0.3 is 28.4 Å². The maximum Gasteiger partial charge on any atom is -0.172 e. The maximum absolute atomic E-state index is 3.34. The Bertz CT molecular complexity index is 1410. The first-order valence-corrected chi connectivity index (χ1v) is 19.0. The van der Waals surface area contributed by atoms with E-state index >= 15 is 0 Å². The summed E-state index contributed by atoms with van der Waals surface area (Å²) >= 11 is 1.30. The van der Waals surface area contributed by atoms with Crippen LogP contribution in [0.2, 0.25) is 0 Å². The zero-order valence-electron chi connectivity index (χ0n) is 32.6. The predicted molar refractivity (Wildman–Crippen MR) is 217 cm³/mol. The topological polar surface area (TPSA) is 0 Å². The maximum atomic E-state index is 3.34. The van der Waals surface area contributed by atoms with E-state index in [9.17, 15) is 0 Å². The fourth-order valence-electron chi connectivity index (χ4n) is 5.35. The van der Waals surface area contributed by atoms with Crippen molar-refractivity contribution >= 4 is 25.8 Å². The van der Waals surface area contributed by atoms with Crippen LogP contribution < -0.4 is 0 Å². The van der Waals surface area contributed by atoms with Crippen molar-refractivity contribution in [2.75, 3.05) is 0 Å². The normalized spacial score (nSPS) is 12.5. The Labute approximate surface area is 312 Å². The van der Waals surface area contributed by atoms with E-state index in [0.29, 0.717) is 11.8 Å². The van der Waals surface area contributed by atoms with Crippen molar-refractivity contribution < 1.29 is 24.2 Å². The van der Waals surface area contributed by atoms with Crippen LogP contribution in [0.15, 0.2) is 91.0 Å². The second kappa shape index (κ2) is 22.4. The molecule has 0 spiro atoms. The average Bonchev–Trinajstić information content (AvgIpc) is 3.74. The van der Waals surface area contributed by atoms with Crippen LogP contribution in [-0.2, 0) is 35.1 Å². The van der Waals surface area contributed by atoms with Crippen LogP contribution in [-0.4, -0.2) is 4.21 Å². The summed E-state index contributed by atoms with van der Waals surface area (Å²) < 4.78 is 3.34. The van der Waals surface area contributed by atoms with E-state index in [1.807, 2.05) is 30.3 Å². The van der Waals surface area contributed by atoms with Gasteiger partial charge in [-0.2, -0.15) is 66.4 Å². The molecule has 0 nitrogen and oxygen atoms in total. The van der Waals surface area contributed by atoms with Gasteiger partial charge in [0.15, 0.2) is 0 Å². The summed E-state index contributed by atoms with van der Waals surface area (Å²) in [4.78, 5) is 0. The van der Waals surface area contributed by atoms with Gasteiger partial charge in [-0.25, -0.2) is 12.1 Å². The molecule has 0 aromatic heterocycles. The van der Waals surface area contributed by atoms with Gasteiger partial charge in [-0.3, -0.25) is 0 Å². The molecule has 5 aromatic rings.